The van der Waals surface area contributed by atoms with Gasteiger partial charge in [-0.25, -0.2) is 0 Å². The SMILES string of the molecule is NC1(N)CCCC(CC2CCCCC2)C1. The lowest BCUT2D eigenvalue weighted by Gasteiger charge is -2.37. The van der Waals surface area contributed by atoms with Crippen molar-refractivity contribution in [2.75, 3.05) is 0 Å². The molecule has 0 aromatic rings. The molecule has 2 fully saturated rings. The molecule has 0 aromatic carbocycles. The van der Waals surface area contributed by atoms with Crippen molar-refractivity contribution < 1.29 is 0 Å². The highest BCUT2D eigenvalue weighted by Gasteiger charge is 2.30. The van der Waals surface area contributed by atoms with Crippen LogP contribution in [0.3, 0.4) is 0 Å². The molecule has 0 heterocycles. The zero-order valence-corrected chi connectivity index (χ0v) is 9.88. The molecule has 1 atom stereocenters. The second-order valence-corrected chi connectivity index (χ2v) is 5.94. The van der Waals surface area contributed by atoms with Crippen LogP contribution in [0.4, 0.5) is 0 Å². The number of rotatable bonds is 2. The van der Waals surface area contributed by atoms with Gasteiger partial charge in [0.05, 0.1) is 5.66 Å². The van der Waals surface area contributed by atoms with E-state index in [9.17, 15) is 0 Å². The van der Waals surface area contributed by atoms with Crippen molar-refractivity contribution in [2.24, 2.45) is 23.3 Å². The predicted octanol–water partition coefficient (Wildman–Crippen LogP) is 2.76. The number of hydrogen-bond donors (Lipinski definition) is 2. The van der Waals surface area contributed by atoms with Crippen molar-refractivity contribution >= 4 is 0 Å². The average molecular weight is 210 g/mol. The summed E-state index contributed by atoms with van der Waals surface area (Å²) in [5.74, 6) is 1.80. The Hall–Kier alpha value is -0.0800. The molecule has 4 N–H and O–H groups in total. The van der Waals surface area contributed by atoms with Crippen LogP contribution in [-0.4, -0.2) is 5.66 Å². The summed E-state index contributed by atoms with van der Waals surface area (Å²) in [6.45, 7) is 0. The van der Waals surface area contributed by atoms with Gasteiger partial charge in [0.1, 0.15) is 0 Å². The summed E-state index contributed by atoms with van der Waals surface area (Å²) in [7, 11) is 0. The van der Waals surface area contributed by atoms with E-state index in [-0.39, 0.29) is 5.66 Å². The maximum atomic E-state index is 6.05. The van der Waals surface area contributed by atoms with Gasteiger partial charge in [0.25, 0.3) is 0 Å². The molecule has 2 aliphatic carbocycles. The summed E-state index contributed by atoms with van der Waals surface area (Å²) in [5.41, 5.74) is 11.8. The van der Waals surface area contributed by atoms with E-state index in [1.165, 1.54) is 51.4 Å². The Morgan fingerprint density at radius 3 is 2.20 bits per heavy atom. The first-order valence-electron chi connectivity index (χ1n) is 6.73. The zero-order valence-electron chi connectivity index (χ0n) is 9.88. The van der Waals surface area contributed by atoms with Gasteiger partial charge in [-0.2, -0.15) is 0 Å². The quantitative estimate of drug-likeness (QED) is 0.689. The summed E-state index contributed by atoms with van der Waals surface area (Å²) >= 11 is 0. The van der Waals surface area contributed by atoms with E-state index in [1.807, 2.05) is 0 Å². The molecule has 0 bridgehead atoms. The Morgan fingerprint density at radius 1 is 0.867 bits per heavy atom. The number of hydrogen-bond acceptors (Lipinski definition) is 2. The van der Waals surface area contributed by atoms with Gasteiger partial charge in [-0.15, -0.1) is 0 Å². The molecule has 0 aliphatic heterocycles. The highest BCUT2D eigenvalue weighted by molar-refractivity contribution is 4.86. The highest BCUT2D eigenvalue weighted by Crippen LogP contribution is 2.36. The van der Waals surface area contributed by atoms with Crippen LogP contribution in [0.2, 0.25) is 0 Å². The van der Waals surface area contributed by atoms with E-state index < -0.39 is 0 Å². The molecule has 0 aromatic heterocycles. The fourth-order valence-corrected chi connectivity index (χ4v) is 3.56. The van der Waals surface area contributed by atoms with Gasteiger partial charge in [-0.05, 0) is 31.1 Å². The van der Waals surface area contributed by atoms with Crippen LogP contribution < -0.4 is 11.5 Å². The van der Waals surface area contributed by atoms with Crippen LogP contribution in [0.15, 0.2) is 0 Å². The predicted molar refractivity (Wildman–Crippen MR) is 64.3 cm³/mol. The minimum absolute atomic E-state index is 0.350. The molecular weight excluding hydrogens is 184 g/mol. The van der Waals surface area contributed by atoms with Crippen molar-refractivity contribution in [3.8, 4) is 0 Å². The first-order chi connectivity index (χ1) is 7.16. The minimum atomic E-state index is -0.350. The summed E-state index contributed by atoms with van der Waals surface area (Å²) in [6.07, 6.45) is 13.4. The fourth-order valence-electron chi connectivity index (χ4n) is 3.56. The maximum Gasteiger partial charge on any atom is 0.0639 e. The third kappa shape index (κ3) is 3.46. The normalized spacial score (nSPS) is 32.8. The minimum Gasteiger partial charge on any atom is -0.313 e. The van der Waals surface area contributed by atoms with Crippen molar-refractivity contribution in [1.29, 1.82) is 0 Å². The first-order valence-corrected chi connectivity index (χ1v) is 6.73. The lowest BCUT2D eigenvalue weighted by Crippen LogP contribution is -2.52. The third-order valence-electron chi connectivity index (χ3n) is 4.31. The summed E-state index contributed by atoms with van der Waals surface area (Å²) in [4.78, 5) is 0. The summed E-state index contributed by atoms with van der Waals surface area (Å²) in [6, 6.07) is 0. The second kappa shape index (κ2) is 4.84. The van der Waals surface area contributed by atoms with Crippen molar-refractivity contribution in [3.05, 3.63) is 0 Å². The van der Waals surface area contributed by atoms with E-state index in [4.69, 9.17) is 11.5 Å². The molecule has 1 unspecified atom stereocenters. The Kier molecular flexibility index (Phi) is 3.68. The summed E-state index contributed by atoms with van der Waals surface area (Å²) < 4.78 is 0. The van der Waals surface area contributed by atoms with Crippen molar-refractivity contribution in [2.45, 2.75) is 69.9 Å². The van der Waals surface area contributed by atoms with E-state index >= 15 is 0 Å². The van der Waals surface area contributed by atoms with Crippen molar-refractivity contribution in [1.82, 2.24) is 0 Å². The molecule has 2 nitrogen and oxygen atoms in total. The molecule has 2 aliphatic rings. The van der Waals surface area contributed by atoms with Crippen LogP contribution in [-0.2, 0) is 0 Å². The lowest BCUT2D eigenvalue weighted by atomic mass is 9.75. The van der Waals surface area contributed by atoms with E-state index in [2.05, 4.69) is 0 Å². The van der Waals surface area contributed by atoms with Gasteiger partial charge >= 0.3 is 0 Å². The van der Waals surface area contributed by atoms with Gasteiger partial charge in [-0.1, -0.05) is 44.9 Å². The van der Waals surface area contributed by atoms with Gasteiger partial charge in [0.15, 0.2) is 0 Å². The van der Waals surface area contributed by atoms with Crippen LogP contribution in [0.5, 0.6) is 0 Å². The largest absolute Gasteiger partial charge is 0.313 e. The zero-order chi connectivity index (χ0) is 10.7. The standard InChI is InChI=1S/C13H26N2/c14-13(15)8-4-7-12(10-13)9-11-5-2-1-3-6-11/h11-12H,1-10,14-15H2. The molecule has 0 spiro atoms. The van der Waals surface area contributed by atoms with Crippen LogP contribution in [0.25, 0.3) is 0 Å². The van der Waals surface area contributed by atoms with Crippen LogP contribution in [0.1, 0.15) is 64.2 Å². The van der Waals surface area contributed by atoms with Gasteiger partial charge in [0, 0.05) is 0 Å². The maximum absolute atomic E-state index is 6.05. The Labute approximate surface area is 93.8 Å². The fraction of sp³-hybridized carbons (Fsp3) is 1.00. The molecular formula is C13H26N2. The van der Waals surface area contributed by atoms with Crippen molar-refractivity contribution in [3.63, 3.8) is 0 Å². The average Bonchev–Trinajstić information content (AvgIpc) is 2.17. The molecule has 2 heteroatoms. The second-order valence-electron chi connectivity index (χ2n) is 5.94. The smallest absolute Gasteiger partial charge is 0.0639 e. The van der Waals surface area contributed by atoms with Gasteiger partial charge < -0.3 is 11.5 Å². The molecule has 88 valence electrons. The summed E-state index contributed by atoms with van der Waals surface area (Å²) in [5, 5.41) is 0. The van der Waals surface area contributed by atoms with E-state index in [0.29, 0.717) is 0 Å². The molecule has 0 radical (unpaired) electrons. The topological polar surface area (TPSA) is 52.0 Å². The van der Waals surface area contributed by atoms with E-state index in [0.717, 1.165) is 24.7 Å². The van der Waals surface area contributed by atoms with Crippen LogP contribution >= 0.6 is 0 Å². The third-order valence-corrected chi connectivity index (χ3v) is 4.31. The van der Waals surface area contributed by atoms with Crippen LogP contribution in [0, 0.1) is 11.8 Å². The number of nitrogens with two attached hydrogens (primary N) is 2. The molecule has 15 heavy (non-hydrogen) atoms. The Bertz CT molecular complexity index is 195. The lowest BCUT2D eigenvalue weighted by molar-refractivity contribution is 0.184. The first kappa shape index (κ1) is 11.4. The Balaban J connectivity index is 1.78. The van der Waals surface area contributed by atoms with Gasteiger partial charge in [0.2, 0.25) is 0 Å². The van der Waals surface area contributed by atoms with E-state index in [1.54, 1.807) is 0 Å². The molecule has 0 saturated heterocycles. The Morgan fingerprint density at radius 2 is 1.53 bits per heavy atom. The molecule has 0 amide bonds. The highest BCUT2D eigenvalue weighted by atomic mass is 15.0. The molecule has 2 saturated carbocycles. The molecule has 2 rings (SSSR count). The monoisotopic (exact) mass is 210 g/mol. The van der Waals surface area contributed by atoms with Gasteiger partial charge in [-0.3, -0.25) is 0 Å².